The van der Waals surface area contributed by atoms with Crippen molar-refractivity contribution in [2.45, 2.75) is 32.6 Å². The van der Waals surface area contributed by atoms with Crippen molar-refractivity contribution in [3.05, 3.63) is 63.5 Å². The molecule has 1 N–H and O–H groups in total. The number of carboxylic acids is 1. The molecule has 3 rings (SSSR count). The number of hydrogen-bond acceptors (Lipinski definition) is 6. The molecule has 0 amide bonds. The lowest BCUT2D eigenvalue weighted by molar-refractivity contribution is -0.255. The zero-order chi connectivity index (χ0) is 20.6. The number of nitrogens with one attached hydrogen (secondary N) is 1. The number of hydrogen-bond donors (Lipinski definition) is 1. The Hall–Kier alpha value is -2.71. The first-order chi connectivity index (χ1) is 13.1. The minimum absolute atomic E-state index is 0.102. The molecule has 146 valence electrons. The highest BCUT2D eigenvalue weighted by molar-refractivity contribution is 7.93. The second-order valence-corrected chi connectivity index (χ2v) is 9.17. The van der Waals surface area contributed by atoms with Gasteiger partial charge in [0.25, 0.3) is 10.0 Å². The van der Waals surface area contributed by atoms with Crippen LogP contribution in [0, 0.1) is 27.7 Å². The Kier molecular flexibility index (Phi) is 5.27. The molecule has 0 aliphatic rings. The summed E-state index contributed by atoms with van der Waals surface area (Å²) in [6.45, 7) is 7.24. The van der Waals surface area contributed by atoms with Gasteiger partial charge in [0.15, 0.2) is 5.13 Å². The van der Waals surface area contributed by atoms with Gasteiger partial charge in [-0.3, -0.25) is 4.72 Å². The fourth-order valence-electron chi connectivity index (χ4n) is 2.85. The van der Waals surface area contributed by atoms with E-state index in [9.17, 15) is 18.3 Å². The van der Waals surface area contributed by atoms with E-state index >= 15 is 0 Å². The summed E-state index contributed by atoms with van der Waals surface area (Å²) in [4.78, 5) is 15.5. The molecule has 8 heteroatoms. The highest BCUT2D eigenvalue weighted by Gasteiger charge is 2.21. The number of aryl methyl sites for hydroxylation is 3. The molecule has 0 fully saturated rings. The summed E-state index contributed by atoms with van der Waals surface area (Å²) in [5, 5.41) is 13.2. The number of carbonyl (C=O) groups is 1. The van der Waals surface area contributed by atoms with E-state index in [2.05, 4.69) is 9.71 Å². The van der Waals surface area contributed by atoms with E-state index in [-0.39, 0.29) is 15.6 Å². The van der Waals surface area contributed by atoms with E-state index in [0.29, 0.717) is 16.8 Å². The second-order valence-electron chi connectivity index (χ2n) is 6.67. The number of carboxylic acid groups (broad SMARTS) is 1. The minimum atomic E-state index is -4.00. The predicted octanol–water partition coefficient (Wildman–Crippen LogP) is 3.21. The number of aromatic carboxylic acids is 1. The number of carbonyl (C=O) groups excluding carboxylic acids is 1. The molecule has 1 aromatic heterocycles. The number of rotatable bonds is 5. The van der Waals surface area contributed by atoms with Crippen LogP contribution in [-0.2, 0) is 10.0 Å². The standard InChI is InChI=1S/C20H20N2O4S2/c1-11-5-6-12(2)16(7-11)17-10-27-20(21-17)22-28(25,26)18-9-15(19(23)24)8-13(3)14(18)4/h5-10H,1-4H3,(H,21,22)(H,23,24)/p-1. The lowest BCUT2D eigenvalue weighted by Crippen LogP contribution is -2.23. The highest BCUT2D eigenvalue weighted by Crippen LogP contribution is 2.30. The van der Waals surface area contributed by atoms with E-state index in [4.69, 9.17) is 0 Å². The van der Waals surface area contributed by atoms with Crippen molar-refractivity contribution in [3.8, 4) is 11.3 Å². The number of sulfonamides is 1. The van der Waals surface area contributed by atoms with Crippen molar-refractivity contribution >= 4 is 32.5 Å². The van der Waals surface area contributed by atoms with E-state index < -0.39 is 16.0 Å². The zero-order valence-corrected chi connectivity index (χ0v) is 17.5. The number of benzene rings is 2. The first-order valence-electron chi connectivity index (χ1n) is 8.47. The Bertz CT molecular complexity index is 1180. The maximum absolute atomic E-state index is 12.9. The second kappa shape index (κ2) is 7.37. The smallest absolute Gasteiger partial charge is 0.263 e. The van der Waals surface area contributed by atoms with E-state index in [1.54, 1.807) is 19.2 Å². The lowest BCUT2D eigenvalue weighted by Gasteiger charge is -2.13. The predicted molar refractivity (Wildman–Crippen MR) is 108 cm³/mol. The summed E-state index contributed by atoms with van der Waals surface area (Å²) in [7, 11) is -4.00. The van der Waals surface area contributed by atoms with Gasteiger partial charge in [-0.05, 0) is 68.1 Å². The van der Waals surface area contributed by atoms with Gasteiger partial charge in [-0.25, -0.2) is 13.4 Å². The van der Waals surface area contributed by atoms with Crippen molar-refractivity contribution < 1.29 is 18.3 Å². The van der Waals surface area contributed by atoms with Crippen molar-refractivity contribution in [1.29, 1.82) is 0 Å². The number of anilines is 1. The molecular formula is C20H19N2O4S2-. The van der Waals surface area contributed by atoms with Crippen LogP contribution in [0.25, 0.3) is 11.3 Å². The van der Waals surface area contributed by atoms with E-state index in [1.165, 1.54) is 17.4 Å². The van der Waals surface area contributed by atoms with Crippen LogP contribution in [-0.4, -0.2) is 19.4 Å². The summed E-state index contributed by atoms with van der Waals surface area (Å²) < 4.78 is 28.2. The van der Waals surface area contributed by atoms with Crippen LogP contribution in [0.2, 0.25) is 0 Å². The molecule has 0 aliphatic carbocycles. The molecule has 3 aromatic rings. The maximum Gasteiger partial charge on any atom is 0.263 e. The molecule has 0 unspecified atom stereocenters. The largest absolute Gasteiger partial charge is 0.545 e. The fourth-order valence-corrected chi connectivity index (χ4v) is 5.16. The maximum atomic E-state index is 12.9. The molecule has 0 spiro atoms. The Morgan fingerprint density at radius 1 is 1.07 bits per heavy atom. The average Bonchev–Trinajstić information content (AvgIpc) is 3.06. The van der Waals surface area contributed by atoms with Crippen LogP contribution in [0.5, 0.6) is 0 Å². The van der Waals surface area contributed by atoms with Crippen molar-refractivity contribution in [3.63, 3.8) is 0 Å². The third-order valence-electron chi connectivity index (χ3n) is 4.54. The first-order valence-corrected chi connectivity index (χ1v) is 10.8. The van der Waals surface area contributed by atoms with Gasteiger partial charge in [0.05, 0.1) is 16.6 Å². The SMILES string of the molecule is Cc1ccc(C)c(-c2csc(NS(=O)(=O)c3cc(C(=O)[O-])cc(C)c3C)n2)c1. The molecule has 0 saturated carbocycles. The van der Waals surface area contributed by atoms with Crippen molar-refractivity contribution in [1.82, 2.24) is 4.98 Å². The molecule has 2 aromatic carbocycles. The first kappa shape index (κ1) is 20.0. The van der Waals surface area contributed by atoms with Crippen molar-refractivity contribution in [2.24, 2.45) is 0 Å². The Morgan fingerprint density at radius 2 is 1.79 bits per heavy atom. The average molecular weight is 416 g/mol. The van der Waals surface area contributed by atoms with Gasteiger partial charge in [-0.1, -0.05) is 17.7 Å². The number of aromatic nitrogens is 1. The van der Waals surface area contributed by atoms with Gasteiger partial charge < -0.3 is 9.90 Å². The summed E-state index contributed by atoms with van der Waals surface area (Å²) in [5.74, 6) is -1.42. The normalized spacial score (nSPS) is 11.4. The molecule has 6 nitrogen and oxygen atoms in total. The van der Waals surface area contributed by atoms with Gasteiger partial charge >= 0.3 is 0 Å². The third kappa shape index (κ3) is 3.93. The van der Waals surface area contributed by atoms with Crippen LogP contribution in [0.3, 0.4) is 0 Å². The van der Waals surface area contributed by atoms with E-state index in [1.807, 2.05) is 32.0 Å². The Labute approximate surface area is 167 Å². The zero-order valence-electron chi connectivity index (χ0n) is 15.9. The monoisotopic (exact) mass is 415 g/mol. The molecule has 0 atom stereocenters. The van der Waals surface area contributed by atoms with Crippen LogP contribution >= 0.6 is 11.3 Å². The summed E-state index contributed by atoms with van der Waals surface area (Å²) in [6, 6.07) is 8.50. The molecule has 0 aliphatic heterocycles. The van der Waals surface area contributed by atoms with Crippen LogP contribution < -0.4 is 9.83 Å². The summed E-state index contributed by atoms with van der Waals surface area (Å²) in [6.07, 6.45) is 0. The van der Waals surface area contributed by atoms with Crippen molar-refractivity contribution in [2.75, 3.05) is 4.72 Å². The van der Waals surface area contributed by atoms with Crippen LogP contribution in [0.4, 0.5) is 5.13 Å². The van der Waals surface area contributed by atoms with Gasteiger partial charge in [-0.2, -0.15) is 0 Å². The molecular weight excluding hydrogens is 396 g/mol. The summed E-state index contributed by atoms with van der Waals surface area (Å²) in [5.41, 5.74) is 4.59. The van der Waals surface area contributed by atoms with Crippen LogP contribution in [0.15, 0.2) is 40.6 Å². The third-order valence-corrected chi connectivity index (χ3v) is 6.89. The molecule has 28 heavy (non-hydrogen) atoms. The van der Waals surface area contributed by atoms with Gasteiger partial charge in [0.1, 0.15) is 0 Å². The Balaban J connectivity index is 1.98. The topological polar surface area (TPSA) is 99.2 Å². The minimum Gasteiger partial charge on any atom is -0.545 e. The van der Waals surface area contributed by atoms with Gasteiger partial charge in [-0.15, -0.1) is 11.3 Å². The van der Waals surface area contributed by atoms with Gasteiger partial charge in [0, 0.05) is 10.9 Å². The lowest BCUT2D eigenvalue weighted by atomic mass is 10.0. The molecule has 0 bridgehead atoms. The Morgan fingerprint density at radius 3 is 2.46 bits per heavy atom. The van der Waals surface area contributed by atoms with E-state index in [0.717, 1.165) is 22.8 Å². The molecule has 0 saturated heterocycles. The highest BCUT2D eigenvalue weighted by atomic mass is 32.2. The fraction of sp³-hybridized carbons (Fsp3) is 0.200. The molecule has 0 radical (unpaired) electrons. The van der Waals surface area contributed by atoms with Crippen LogP contribution in [0.1, 0.15) is 32.6 Å². The van der Waals surface area contributed by atoms with Gasteiger partial charge in [0.2, 0.25) is 0 Å². The number of thiazole rings is 1. The molecule has 1 heterocycles. The number of nitrogens with zero attached hydrogens (tertiary/aromatic N) is 1. The quantitative estimate of drug-likeness (QED) is 0.690. The summed E-state index contributed by atoms with van der Waals surface area (Å²) >= 11 is 1.17.